The molecule has 3 aliphatic heterocycles. The van der Waals surface area contributed by atoms with Crippen molar-refractivity contribution in [2.45, 2.75) is 114 Å². The number of hydrogen-bond acceptors (Lipinski definition) is 8. The van der Waals surface area contributed by atoms with Gasteiger partial charge in [0.05, 0.1) is 18.3 Å². The van der Waals surface area contributed by atoms with Gasteiger partial charge in [-0.1, -0.05) is 36.4 Å². The number of likely N-dealkylation sites (tertiary alicyclic amines) is 1. The van der Waals surface area contributed by atoms with E-state index in [4.69, 9.17) is 9.47 Å². The molecule has 0 radical (unpaired) electrons. The molecule has 5 rings (SSSR count). The van der Waals surface area contributed by atoms with Gasteiger partial charge >= 0.3 is 0 Å². The molecular formula is C37H53N3O7. The number of carbonyl (C=O) groups excluding carboxylic acids is 2. The van der Waals surface area contributed by atoms with E-state index in [-0.39, 0.29) is 24.8 Å². The predicted molar refractivity (Wildman–Crippen MR) is 179 cm³/mol. The molecule has 258 valence electrons. The summed E-state index contributed by atoms with van der Waals surface area (Å²) in [4.78, 5) is 27.7. The Hall–Kier alpha value is -2.86. The second-order valence-electron chi connectivity index (χ2n) is 14.8. The molecule has 10 nitrogen and oxygen atoms in total. The number of hydrogen-bond donors (Lipinski definition) is 5. The summed E-state index contributed by atoms with van der Waals surface area (Å²) in [6.45, 7) is 12.4. The van der Waals surface area contributed by atoms with Crippen molar-refractivity contribution in [2.24, 2.45) is 0 Å². The van der Waals surface area contributed by atoms with Gasteiger partial charge in [0.15, 0.2) is 0 Å². The molecule has 5 N–H and O–H groups in total. The molecule has 47 heavy (non-hydrogen) atoms. The van der Waals surface area contributed by atoms with Gasteiger partial charge in [-0.05, 0) is 108 Å². The van der Waals surface area contributed by atoms with Gasteiger partial charge in [-0.25, -0.2) is 0 Å². The summed E-state index contributed by atoms with van der Waals surface area (Å²) in [6.07, 6.45) is 2.48. The molecular weight excluding hydrogens is 598 g/mol. The summed E-state index contributed by atoms with van der Waals surface area (Å²) in [5.41, 5.74) is 1.55. The van der Waals surface area contributed by atoms with Crippen LogP contribution < -0.4 is 10.6 Å². The van der Waals surface area contributed by atoms with Crippen molar-refractivity contribution >= 4 is 11.8 Å². The van der Waals surface area contributed by atoms with Crippen LogP contribution in [-0.2, 0) is 37.7 Å². The summed E-state index contributed by atoms with van der Waals surface area (Å²) in [6, 6.07) is 14.1. The molecule has 0 spiro atoms. The lowest BCUT2D eigenvalue weighted by Gasteiger charge is -2.48. The Morgan fingerprint density at radius 2 is 1.70 bits per heavy atom. The maximum absolute atomic E-state index is 12.7. The van der Waals surface area contributed by atoms with Gasteiger partial charge in [0.2, 0.25) is 17.6 Å². The van der Waals surface area contributed by atoms with Crippen LogP contribution in [0.15, 0.2) is 42.5 Å². The van der Waals surface area contributed by atoms with Crippen molar-refractivity contribution < 1.29 is 34.4 Å². The third-order valence-corrected chi connectivity index (χ3v) is 10.2. The van der Waals surface area contributed by atoms with Crippen LogP contribution in [0.1, 0.15) is 87.6 Å². The molecule has 0 aliphatic carbocycles. The number of nitrogens with one attached hydrogen (secondary N) is 2. The van der Waals surface area contributed by atoms with Crippen molar-refractivity contribution in [2.75, 3.05) is 32.8 Å². The Morgan fingerprint density at radius 3 is 2.38 bits per heavy atom. The number of amides is 2. The highest BCUT2D eigenvalue weighted by Crippen LogP contribution is 2.53. The minimum atomic E-state index is -1.57. The highest BCUT2D eigenvalue weighted by molar-refractivity contribution is 5.90. The van der Waals surface area contributed by atoms with Crippen LogP contribution in [-0.4, -0.2) is 93.8 Å². The fourth-order valence-electron chi connectivity index (χ4n) is 6.98. The number of aliphatic hydroxyl groups is 3. The van der Waals surface area contributed by atoms with Gasteiger partial charge in [-0.2, -0.15) is 0 Å². The van der Waals surface area contributed by atoms with Crippen LogP contribution in [0, 0.1) is 6.92 Å². The molecule has 0 aromatic heterocycles. The van der Waals surface area contributed by atoms with Gasteiger partial charge in [-0.15, -0.1) is 0 Å². The number of ether oxygens (including phenoxy) is 2. The third kappa shape index (κ3) is 7.74. The predicted octanol–water partition coefficient (Wildman–Crippen LogP) is 2.85. The lowest BCUT2D eigenvalue weighted by atomic mass is 9.77. The molecule has 0 saturated carbocycles. The molecule has 2 aromatic carbocycles. The van der Waals surface area contributed by atoms with Crippen LogP contribution in [0.5, 0.6) is 0 Å². The summed E-state index contributed by atoms with van der Waals surface area (Å²) >= 11 is 0. The lowest BCUT2D eigenvalue weighted by Crippen LogP contribution is -2.62. The van der Waals surface area contributed by atoms with Gasteiger partial charge < -0.3 is 40.3 Å². The topological polar surface area (TPSA) is 141 Å². The Labute approximate surface area is 278 Å². The maximum Gasteiger partial charge on any atom is 0.245 e. The second-order valence-corrected chi connectivity index (χ2v) is 14.8. The number of carbonyl (C=O) groups is 2. The monoisotopic (exact) mass is 651 g/mol. The van der Waals surface area contributed by atoms with E-state index >= 15 is 0 Å². The zero-order valence-electron chi connectivity index (χ0n) is 28.6. The zero-order chi connectivity index (χ0) is 34.0. The minimum absolute atomic E-state index is 0.0585. The van der Waals surface area contributed by atoms with Crippen molar-refractivity contribution in [3.63, 3.8) is 0 Å². The Morgan fingerprint density at radius 1 is 1.02 bits per heavy atom. The first-order valence-electron chi connectivity index (χ1n) is 17.1. The standard InChI is InChI=1S/C37H53N3O7/c1-25-11-16-29(37-32(43)30(41)23-36(47-37,24-46-37)35(4,5)45)22-28(25)21-27-14-12-26(13-15-27)9-8-10-31(42)39-34(2,3)33(44)38-17-20-40-18-6-7-19-40/h11-16,22,30,32,41,43,45H,6-10,17-21,23-24H2,1-5H3,(H,38,44)(H,39,42)/t30-,32+,36+,37-/m0/s1. The van der Waals surface area contributed by atoms with Crippen LogP contribution in [0.4, 0.5) is 0 Å². The van der Waals surface area contributed by atoms with E-state index < -0.39 is 34.7 Å². The third-order valence-electron chi connectivity index (χ3n) is 10.2. The quantitative estimate of drug-likeness (QED) is 0.223. The van der Waals surface area contributed by atoms with E-state index in [9.17, 15) is 24.9 Å². The number of aliphatic hydroxyl groups excluding tert-OH is 2. The molecule has 4 atom stereocenters. The molecule has 3 heterocycles. The molecule has 10 heteroatoms. The van der Waals surface area contributed by atoms with E-state index in [0.717, 1.165) is 48.3 Å². The Balaban J connectivity index is 1.13. The van der Waals surface area contributed by atoms with E-state index in [0.29, 0.717) is 31.4 Å². The molecule has 2 amide bonds. The van der Waals surface area contributed by atoms with Gasteiger partial charge in [0.1, 0.15) is 17.2 Å². The largest absolute Gasteiger partial charge is 0.390 e. The van der Waals surface area contributed by atoms with E-state index in [2.05, 4.69) is 39.8 Å². The molecule has 2 bridgehead atoms. The summed E-state index contributed by atoms with van der Waals surface area (Å²) in [7, 11) is 0. The highest BCUT2D eigenvalue weighted by atomic mass is 16.8. The average Bonchev–Trinajstić information content (AvgIpc) is 3.65. The molecule has 3 fully saturated rings. The number of nitrogens with zero attached hydrogens (tertiary/aromatic N) is 1. The fraction of sp³-hybridized carbons (Fsp3) is 0.622. The van der Waals surface area contributed by atoms with E-state index in [1.807, 2.05) is 25.1 Å². The van der Waals surface area contributed by atoms with Crippen molar-refractivity contribution in [3.8, 4) is 0 Å². The van der Waals surface area contributed by atoms with E-state index in [1.165, 1.54) is 12.8 Å². The molecule has 3 saturated heterocycles. The van der Waals surface area contributed by atoms with Crippen molar-refractivity contribution in [1.29, 1.82) is 0 Å². The minimum Gasteiger partial charge on any atom is -0.390 e. The summed E-state index contributed by atoms with van der Waals surface area (Å²) in [5.74, 6) is -1.87. The fourth-order valence-corrected chi connectivity index (χ4v) is 6.98. The second kappa shape index (κ2) is 13.9. The van der Waals surface area contributed by atoms with Crippen molar-refractivity contribution in [1.82, 2.24) is 15.5 Å². The number of benzene rings is 2. The number of rotatable bonds is 13. The van der Waals surface area contributed by atoms with Gasteiger partial charge in [-0.3, -0.25) is 9.59 Å². The van der Waals surface area contributed by atoms with Crippen LogP contribution in [0.25, 0.3) is 0 Å². The zero-order valence-corrected chi connectivity index (χ0v) is 28.6. The molecule has 0 unspecified atom stereocenters. The first kappa shape index (κ1) is 35.4. The Kier molecular flexibility index (Phi) is 10.5. The van der Waals surface area contributed by atoms with Crippen LogP contribution in [0.2, 0.25) is 0 Å². The van der Waals surface area contributed by atoms with Crippen LogP contribution in [0.3, 0.4) is 0 Å². The first-order chi connectivity index (χ1) is 22.1. The average molecular weight is 652 g/mol. The normalized spacial score (nSPS) is 26.4. The summed E-state index contributed by atoms with van der Waals surface area (Å²) in [5, 5.41) is 38.5. The number of aryl methyl sites for hydroxylation is 2. The van der Waals surface area contributed by atoms with Gasteiger partial charge in [0.25, 0.3) is 0 Å². The molecule has 2 aromatic rings. The molecule has 3 aliphatic rings. The van der Waals surface area contributed by atoms with Crippen LogP contribution >= 0.6 is 0 Å². The number of fused-ring (bicyclic) bond motifs is 2. The van der Waals surface area contributed by atoms with E-state index in [1.54, 1.807) is 27.7 Å². The highest BCUT2D eigenvalue weighted by Gasteiger charge is 2.67. The van der Waals surface area contributed by atoms with Crippen molar-refractivity contribution in [3.05, 3.63) is 70.3 Å². The van der Waals surface area contributed by atoms with Gasteiger partial charge in [0, 0.05) is 31.5 Å². The maximum atomic E-state index is 12.7. The smallest absolute Gasteiger partial charge is 0.245 e. The SMILES string of the molecule is Cc1ccc([C@@]23OC[C@@](C(C)(C)O)(C[C@H](O)[C@H]2O)O3)cc1Cc1ccc(CCCC(=O)NC(C)(C)C(=O)NCCN2CCCC2)cc1. The first-order valence-corrected chi connectivity index (χ1v) is 17.1. The Bertz CT molecular complexity index is 1420. The lowest BCUT2D eigenvalue weighted by molar-refractivity contribution is -0.319. The summed E-state index contributed by atoms with van der Waals surface area (Å²) < 4.78 is 12.5.